The Hall–Kier alpha value is -4.83. The van der Waals surface area contributed by atoms with Crippen molar-refractivity contribution in [1.82, 2.24) is 0 Å². The molecule has 5 aliphatic heterocycles. The molecule has 4 fully saturated rings. The van der Waals surface area contributed by atoms with E-state index in [4.69, 9.17) is 52.1 Å². The minimum Gasteiger partial charge on any atom is -0.504 e. The molecule has 6 rings (SSSR count). The molecule has 1 aromatic rings. The molecule has 0 radical (unpaired) electrons. The zero-order valence-corrected chi connectivity index (χ0v) is 35.1. The van der Waals surface area contributed by atoms with Crippen molar-refractivity contribution < 1.29 is 117 Å². The predicted octanol–water partition coefficient (Wildman–Crippen LogP) is -3.03. The van der Waals surface area contributed by atoms with Crippen LogP contribution in [0.5, 0.6) is 11.5 Å². The van der Waals surface area contributed by atoms with Crippen molar-refractivity contribution in [1.29, 1.82) is 0 Å². The molecule has 0 saturated carbocycles. The topological polar surface area (TPSA) is 349 Å². The van der Waals surface area contributed by atoms with Crippen LogP contribution in [0.1, 0.15) is 37.6 Å². The van der Waals surface area contributed by atoms with E-state index < -0.39 is 177 Å². The number of hydrogen-bond acceptors (Lipinski definition) is 24. The number of cyclic esters (lactones) is 1. The number of rotatable bonds is 15. The highest BCUT2D eigenvalue weighted by molar-refractivity contribution is 6.02. The molecule has 5 heterocycles. The number of carbonyl (C=O) groups excluding carboxylic acids is 5. The lowest BCUT2D eigenvalue weighted by Gasteiger charge is -2.46. The highest BCUT2D eigenvalue weighted by atomic mass is 16.8. The molecule has 24 nitrogen and oxygen atoms in total. The number of aliphatic hydroxyl groups is 7. The first-order valence-electron chi connectivity index (χ1n) is 20.5. The molecule has 4 saturated heterocycles. The number of phenolic OH excluding ortho intramolecular Hbond substituents is 1. The Morgan fingerprint density at radius 3 is 2.05 bits per heavy atom. The molecular weight excluding hydrogens is 876 g/mol. The minimum absolute atomic E-state index is 0.0963. The van der Waals surface area contributed by atoms with Gasteiger partial charge >= 0.3 is 23.9 Å². The number of ketones is 1. The van der Waals surface area contributed by atoms with Gasteiger partial charge in [0.25, 0.3) is 0 Å². The van der Waals surface area contributed by atoms with Crippen molar-refractivity contribution in [2.24, 2.45) is 17.8 Å². The lowest BCUT2D eigenvalue weighted by Crippen LogP contribution is -2.65. The summed E-state index contributed by atoms with van der Waals surface area (Å²) >= 11 is 0. The number of benzene rings is 1. The monoisotopic (exact) mass is 928 g/mol. The Morgan fingerprint density at radius 1 is 0.754 bits per heavy atom. The van der Waals surface area contributed by atoms with Gasteiger partial charge in [-0.3, -0.25) is 19.2 Å². The van der Waals surface area contributed by atoms with Crippen LogP contribution >= 0.6 is 0 Å². The second-order valence-corrected chi connectivity index (χ2v) is 15.7. The number of aliphatic hydroxyl groups excluding tert-OH is 7. The Morgan fingerprint density at radius 2 is 1.40 bits per heavy atom. The average molecular weight is 929 g/mol. The maximum Gasteiger partial charge on any atom is 0.337 e. The lowest BCUT2D eigenvalue weighted by molar-refractivity contribution is -0.352. The molecule has 65 heavy (non-hydrogen) atoms. The van der Waals surface area contributed by atoms with Crippen LogP contribution in [0.3, 0.4) is 0 Å². The third-order valence-corrected chi connectivity index (χ3v) is 11.4. The molecule has 0 amide bonds. The number of carbonyl (C=O) groups is 5. The van der Waals surface area contributed by atoms with E-state index in [1.165, 1.54) is 12.1 Å². The van der Waals surface area contributed by atoms with Crippen LogP contribution in [0.2, 0.25) is 0 Å². The van der Waals surface area contributed by atoms with Gasteiger partial charge in [-0.05, 0) is 18.6 Å². The summed E-state index contributed by atoms with van der Waals surface area (Å²) in [4.78, 5) is 64.7. The number of esters is 4. The summed E-state index contributed by atoms with van der Waals surface area (Å²) in [5.74, 6) is -8.76. The molecule has 1 aromatic carbocycles. The van der Waals surface area contributed by atoms with Gasteiger partial charge in [-0.15, -0.1) is 6.58 Å². The zero-order chi connectivity index (χ0) is 47.4. The van der Waals surface area contributed by atoms with Crippen LogP contribution in [0, 0.1) is 17.8 Å². The van der Waals surface area contributed by atoms with E-state index in [1.807, 2.05) is 0 Å². The van der Waals surface area contributed by atoms with Crippen molar-refractivity contribution in [2.75, 3.05) is 26.4 Å². The molecular formula is C41H52O24. The SMILES string of the molecule is C=C[C@H]1[C@H](O[C@@H]2O[C@H](COC(C)=O)[C@@H](C(=O)c3cccc(O[C@@H]4O[C@H](CO)[C@@H](O[C@@H]5O[C@H](CO)[C@H](O)[C@@H](O)[C@H]5O)[C@@H](O)[C@H]4O)c3O)[C@@H](OC(C)=O)[C@H]2OC(C)=O)OC=C2C(=O)OCC[C@H]21. The van der Waals surface area contributed by atoms with Gasteiger partial charge in [-0.2, -0.15) is 0 Å². The van der Waals surface area contributed by atoms with Gasteiger partial charge < -0.3 is 93.0 Å². The van der Waals surface area contributed by atoms with Gasteiger partial charge in [0.15, 0.2) is 35.8 Å². The van der Waals surface area contributed by atoms with Gasteiger partial charge in [-0.25, -0.2) is 4.79 Å². The molecule has 360 valence electrons. The van der Waals surface area contributed by atoms with Gasteiger partial charge in [0.05, 0.1) is 43.1 Å². The van der Waals surface area contributed by atoms with Crippen LogP contribution < -0.4 is 4.74 Å². The predicted molar refractivity (Wildman–Crippen MR) is 206 cm³/mol. The number of para-hydroxylation sites is 1. The standard InChI is InChI=1S/C41H52O24/c1-5-18-19-9-10-55-37(54)21(19)13-57-38(18)65-41-36(59-17(4)46)35(58-16(3)45)26(25(63-41)14-56-15(2)44)28(48)20-7-6-8-22(27(20)47)60-39-33(53)31(51)34(24(12-43)62-39)64-40-32(52)30(50)29(49)23(11-42)61-40/h5-8,13,18-19,23-26,29-36,38-43,47,49-53H,1,9-12,14H2,2-4H3/t18-,19+,23-,24-,25-,26+,29+,30-,31+,32-,33-,34-,35-,36-,38+,39-,40+,41+/m1/s1. The summed E-state index contributed by atoms with van der Waals surface area (Å²) < 4.78 is 62.0. The highest BCUT2D eigenvalue weighted by Gasteiger charge is 2.56. The molecule has 5 aliphatic rings. The third kappa shape index (κ3) is 10.6. The van der Waals surface area contributed by atoms with Gasteiger partial charge in [0.2, 0.25) is 18.9 Å². The van der Waals surface area contributed by atoms with E-state index in [-0.39, 0.29) is 12.2 Å². The molecule has 0 spiro atoms. The molecule has 8 N–H and O–H groups in total. The number of ether oxygens (including phenoxy) is 11. The van der Waals surface area contributed by atoms with Gasteiger partial charge in [0.1, 0.15) is 61.5 Å². The maximum atomic E-state index is 14.7. The van der Waals surface area contributed by atoms with E-state index >= 15 is 0 Å². The van der Waals surface area contributed by atoms with Crippen molar-refractivity contribution in [3.63, 3.8) is 0 Å². The highest BCUT2D eigenvalue weighted by Crippen LogP contribution is 2.42. The van der Waals surface area contributed by atoms with Crippen LogP contribution in [0.15, 0.2) is 42.7 Å². The largest absolute Gasteiger partial charge is 0.504 e. The fourth-order valence-corrected chi connectivity index (χ4v) is 8.25. The Bertz CT molecular complexity index is 1940. The lowest BCUT2D eigenvalue weighted by atomic mass is 9.80. The van der Waals surface area contributed by atoms with E-state index in [9.17, 15) is 64.8 Å². The Labute approximate surface area is 369 Å². The number of fused-ring (bicyclic) bond motifs is 1. The molecule has 18 atom stereocenters. The van der Waals surface area contributed by atoms with Crippen molar-refractivity contribution >= 4 is 29.7 Å². The van der Waals surface area contributed by atoms with E-state index in [2.05, 4.69) is 6.58 Å². The quantitative estimate of drug-likeness (QED) is 0.0375. The molecule has 24 heteroatoms. The van der Waals surface area contributed by atoms with E-state index in [0.717, 1.165) is 39.2 Å². The number of phenols is 1. The van der Waals surface area contributed by atoms with E-state index in [1.54, 1.807) is 0 Å². The first-order valence-corrected chi connectivity index (χ1v) is 20.5. The molecule has 0 bridgehead atoms. The first kappa shape index (κ1) is 49.6. The van der Waals surface area contributed by atoms with Crippen LogP contribution in [-0.2, 0) is 66.5 Å². The number of hydrogen-bond donors (Lipinski definition) is 8. The molecule has 0 unspecified atom stereocenters. The number of Topliss-reactive ketones (excluding diaryl/α,β-unsaturated/α-hetero) is 1. The van der Waals surface area contributed by atoms with Gasteiger partial charge in [-0.1, -0.05) is 12.1 Å². The zero-order valence-electron chi connectivity index (χ0n) is 35.1. The second-order valence-electron chi connectivity index (χ2n) is 15.7. The second kappa shape index (κ2) is 21.2. The molecule has 0 aromatic heterocycles. The maximum absolute atomic E-state index is 14.7. The summed E-state index contributed by atoms with van der Waals surface area (Å²) in [6.07, 6.45) is -23.0. The van der Waals surface area contributed by atoms with Gasteiger partial charge in [0, 0.05) is 32.6 Å². The van der Waals surface area contributed by atoms with Crippen molar-refractivity contribution in [3.8, 4) is 11.5 Å². The summed E-state index contributed by atoms with van der Waals surface area (Å²) in [5, 5.41) is 84.3. The summed E-state index contributed by atoms with van der Waals surface area (Å²) in [7, 11) is 0. The normalized spacial score (nSPS) is 38.1. The molecule has 0 aliphatic carbocycles. The van der Waals surface area contributed by atoms with Crippen LogP contribution in [0.25, 0.3) is 0 Å². The summed E-state index contributed by atoms with van der Waals surface area (Å²) in [6.45, 7) is 4.63. The Balaban J connectivity index is 1.27. The smallest absolute Gasteiger partial charge is 0.337 e. The van der Waals surface area contributed by atoms with Crippen molar-refractivity contribution in [2.45, 2.75) is 119 Å². The third-order valence-electron chi connectivity index (χ3n) is 11.4. The first-order chi connectivity index (χ1) is 30.9. The fourth-order valence-electron chi connectivity index (χ4n) is 8.25. The summed E-state index contributed by atoms with van der Waals surface area (Å²) in [6, 6.07) is 3.48. The average Bonchev–Trinajstić information content (AvgIpc) is 3.26. The van der Waals surface area contributed by atoms with E-state index in [0.29, 0.717) is 6.42 Å². The van der Waals surface area contributed by atoms with Crippen molar-refractivity contribution in [3.05, 3.63) is 48.3 Å². The fraction of sp³-hybridized carbons (Fsp3) is 0.634. The van der Waals surface area contributed by atoms with Crippen LogP contribution in [0.4, 0.5) is 0 Å². The summed E-state index contributed by atoms with van der Waals surface area (Å²) in [5.41, 5.74) is -0.317. The Kier molecular flexibility index (Phi) is 16.2. The minimum atomic E-state index is -2.05. The van der Waals surface area contributed by atoms with Crippen LogP contribution in [-0.4, -0.2) is 189 Å². The number of aromatic hydroxyl groups is 1.